The van der Waals surface area contributed by atoms with Crippen molar-refractivity contribution in [2.75, 3.05) is 31.4 Å². The third-order valence-corrected chi connectivity index (χ3v) is 10.8. The van der Waals surface area contributed by atoms with Crippen molar-refractivity contribution in [3.05, 3.63) is 90.0 Å². The zero-order valence-corrected chi connectivity index (χ0v) is 30.9. The number of thioether (sulfide) groups is 1. The van der Waals surface area contributed by atoms with Gasteiger partial charge < -0.3 is 19.5 Å². The van der Waals surface area contributed by atoms with Crippen molar-refractivity contribution in [3.8, 4) is 11.4 Å². The van der Waals surface area contributed by atoms with E-state index in [9.17, 15) is 4.79 Å². The molecule has 11 nitrogen and oxygen atoms in total. The standard InChI is InChI=1S/C37H45N7O4S2/c1-25(2)35-41-40-32-17-16-29(24-43(32)35)50-30-14-7-6-11-26(30)23-38-36(45)39-33-22-31(37(3,4)49-5)42-44(33)27-12-10-13-28(21-27)46-19-20-48-34-15-8-9-18-47-34/h6-7,10-14,16-17,21-22,24-25,34H,8-9,15,18-20,23H2,1-5H3,(H2,38,39,45). The zero-order valence-electron chi connectivity index (χ0n) is 29.2. The van der Waals surface area contributed by atoms with Crippen LogP contribution in [0.15, 0.2) is 82.7 Å². The Bertz CT molecular complexity index is 1900. The zero-order chi connectivity index (χ0) is 35.1. The number of fused-ring (bicyclic) bond motifs is 1. The summed E-state index contributed by atoms with van der Waals surface area (Å²) in [6.45, 7) is 10.4. The Hall–Kier alpha value is -4.04. The van der Waals surface area contributed by atoms with Crippen LogP contribution in [0.3, 0.4) is 0 Å². The average molecular weight is 716 g/mol. The Morgan fingerprint density at radius 2 is 1.92 bits per heavy atom. The number of pyridine rings is 1. The van der Waals surface area contributed by atoms with Crippen LogP contribution in [-0.2, 0) is 20.8 Å². The number of urea groups is 1. The van der Waals surface area contributed by atoms with Gasteiger partial charge in [-0.3, -0.25) is 9.72 Å². The molecule has 1 atom stereocenters. The smallest absolute Gasteiger partial charge is 0.320 e. The van der Waals surface area contributed by atoms with Crippen LogP contribution in [0.2, 0.25) is 0 Å². The summed E-state index contributed by atoms with van der Waals surface area (Å²) in [6, 6.07) is 21.4. The van der Waals surface area contributed by atoms with Crippen molar-refractivity contribution in [1.29, 1.82) is 0 Å². The second-order valence-corrected chi connectivity index (χ2v) is 15.4. The Labute approximate surface area is 301 Å². The molecule has 0 saturated carbocycles. The van der Waals surface area contributed by atoms with Crippen molar-refractivity contribution in [1.82, 2.24) is 29.7 Å². The molecule has 0 aliphatic carbocycles. The molecule has 2 N–H and O–H groups in total. The third kappa shape index (κ3) is 8.81. The van der Waals surface area contributed by atoms with Gasteiger partial charge in [-0.2, -0.15) is 16.9 Å². The van der Waals surface area contributed by atoms with Gasteiger partial charge in [-0.25, -0.2) is 9.48 Å². The van der Waals surface area contributed by atoms with E-state index in [1.54, 1.807) is 28.2 Å². The SMILES string of the molecule is CSC(C)(C)c1cc(NC(=O)NCc2ccccc2Sc2ccc3nnc(C(C)C)n3c2)n(-c2cccc(OCCOC3CCCCO3)c2)n1. The van der Waals surface area contributed by atoms with E-state index in [1.165, 1.54) is 0 Å². The third-order valence-electron chi connectivity index (χ3n) is 8.49. The van der Waals surface area contributed by atoms with Crippen LogP contribution in [0.5, 0.6) is 5.75 Å². The van der Waals surface area contributed by atoms with Crippen molar-refractivity contribution >= 4 is 41.0 Å². The summed E-state index contributed by atoms with van der Waals surface area (Å²) in [5.74, 6) is 2.42. The fourth-order valence-electron chi connectivity index (χ4n) is 5.51. The highest BCUT2D eigenvalue weighted by Gasteiger charge is 2.25. The molecule has 50 heavy (non-hydrogen) atoms. The van der Waals surface area contributed by atoms with Gasteiger partial charge >= 0.3 is 6.03 Å². The van der Waals surface area contributed by atoms with Gasteiger partial charge in [0.1, 0.15) is 24.0 Å². The second-order valence-electron chi connectivity index (χ2n) is 12.9. The molecule has 2 aromatic carbocycles. The molecular weight excluding hydrogens is 671 g/mol. The molecule has 1 fully saturated rings. The molecule has 2 amide bonds. The molecule has 3 aromatic heterocycles. The number of ether oxygens (including phenoxy) is 3. The van der Waals surface area contributed by atoms with Crippen LogP contribution in [-0.4, -0.2) is 62.8 Å². The monoisotopic (exact) mass is 715 g/mol. The lowest BCUT2D eigenvalue weighted by Crippen LogP contribution is -2.29. The van der Waals surface area contributed by atoms with Gasteiger partial charge in [-0.15, -0.1) is 10.2 Å². The molecule has 1 saturated heterocycles. The van der Waals surface area contributed by atoms with Crippen molar-refractivity contribution in [2.45, 2.75) is 80.2 Å². The summed E-state index contributed by atoms with van der Waals surface area (Å²) in [6.07, 6.45) is 7.09. The topological polar surface area (TPSA) is 117 Å². The number of nitrogens with one attached hydrogen (secondary N) is 2. The number of aromatic nitrogens is 5. The molecule has 1 aliphatic rings. The van der Waals surface area contributed by atoms with Gasteiger partial charge in [0.2, 0.25) is 0 Å². The quantitative estimate of drug-likeness (QED) is 0.110. The highest BCUT2D eigenvalue weighted by molar-refractivity contribution is 7.99. The van der Waals surface area contributed by atoms with E-state index >= 15 is 0 Å². The summed E-state index contributed by atoms with van der Waals surface area (Å²) in [5.41, 5.74) is 3.44. The molecule has 4 heterocycles. The Morgan fingerprint density at radius 1 is 1.06 bits per heavy atom. The Kier molecular flexibility index (Phi) is 11.7. The molecule has 13 heteroatoms. The van der Waals surface area contributed by atoms with Gasteiger partial charge in [-0.05, 0) is 75.3 Å². The van der Waals surface area contributed by atoms with Gasteiger partial charge in [0, 0.05) is 47.2 Å². The first-order valence-corrected chi connectivity index (χ1v) is 19.0. The van der Waals surface area contributed by atoms with E-state index in [0.717, 1.165) is 64.1 Å². The lowest BCUT2D eigenvalue weighted by Gasteiger charge is -2.22. The Morgan fingerprint density at radius 3 is 2.72 bits per heavy atom. The minimum atomic E-state index is -0.332. The molecule has 1 unspecified atom stereocenters. The first kappa shape index (κ1) is 35.8. The van der Waals surface area contributed by atoms with Crippen molar-refractivity contribution < 1.29 is 19.0 Å². The fraction of sp³-hybridized carbons (Fsp3) is 0.405. The van der Waals surface area contributed by atoms with E-state index < -0.39 is 0 Å². The van der Waals surface area contributed by atoms with Gasteiger partial charge in [0.25, 0.3) is 0 Å². The number of carbonyl (C=O) groups is 1. The molecule has 1 aliphatic heterocycles. The Balaban J connectivity index is 1.13. The maximum Gasteiger partial charge on any atom is 0.320 e. The lowest BCUT2D eigenvalue weighted by atomic mass is 10.1. The minimum absolute atomic E-state index is 0.151. The van der Waals surface area contributed by atoms with Crippen LogP contribution in [0.25, 0.3) is 11.3 Å². The first-order chi connectivity index (χ1) is 24.2. The summed E-state index contributed by atoms with van der Waals surface area (Å²) in [7, 11) is 0. The lowest BCUT2D eigenvalue weighted by molar-refractivity contribution is -0.165. The van der Waals surface area contributed by atoms with Gasteiger partial charge in [0.05, 0.1) is 22.7 Å². The second kappa shape index (κ2) is 16.3. The molecular formula is C37H45N7O4S2. The number of carbonyl (C=O) groups excluding carboxylic acids is 1. The van der Waals surface area contributed by atoms with Crippen LogP contribution >= 0.6 is 23.5 Å². The minimum Gasteiger partial charge on any atom is -0.491 e. The van der Waals surface area contributed by atoms with Crippen molar-refractivity contribution in [2.24, 2.45) is 0 Å². The molecule has 0 radical (unpaired) electrons. The molecule has 0 spiro atoms. The van der Waals surface area contributed by atoms with E-state index in [2.05, 4.69) is 67.0 Å². The largest absolute Gasteiger partial charge is 0.491 e. The van der Waals surface area contributed by atoms with Crippen LogP contribution in [0.1, 0.15) is 70.0 Å². The summed E-state index contributed by atoms with van der Waals surface area (Å²) in [5, 5.41) is 19.7. The van der Waals surface area contributed by atoms with E-state index in [0.29, 0.717) is 31.3 Å². The molecule has 264 valence electrons. The number of rotatable bonds is 14. The van der Waals surface area contributed by atoms with E-state index in [-0.39, 0.29) is 23.0 Å². The number of hydrogen-bond acceptors (Lipinski definition) is 9. The maximum atomic E-state index is 13.4. The average Bonchev–Trinajstić information content (AvgIpc) is 3.75. The van der Waals surface area contributed by atoms with E-state index in [4.69, 9.17) is 19.3 Å². The highest BCUT2D eigenvalue weighted by atomic mass is 32.2. The number of hydrogen-bond donors (Lipinski definition) is 2. The maximum absolute atomic E-state index is 13.4. The van der Waals surface area contributed by atoms with Crippen LogP contribution in [0.4, 0.5) is 10.6 Å². The fourth-order valence-corrected chi connectivity index (χ4v) is 6.78. The number of anilines is 1. The van der Waals surface area contributed by atoms with Crippen molar-refractivity contribution in [3.63, 3.8) is 0 Å². The van der Waals surface area contributed by atoms with Gasteiger partial charge in [-0.1, -0.05) is 49.9 Å². The highest BCUT2D eigenvalue weighted by Crippen LogP contribution is 2.35. The molecule has 0 bridgehead atoms. The predicted octanol–water partition coefficient (Wildman–Crippen LogP) is 8.03. The van der Waals surface area contributed by atoms with E-state index in [1.807, 2.05) is 65.1 Å². The predicted molar refractivity (Wildman–Crippen MR) is 199 cm³/mol. The van der Waals surface area contributed by atoms with Gasteiger partial charge in [0.15, 0.2) is 11.9 Å². The summed E-state index contributed by atoms with van der Waals surface area (Å²) >= 11 is 3.34. The summed E-state index contributed by atoms with van der Waals surface area (Å²) in [4.78, 5) is 15.5. The number of amides is 2. The number of benzene rings is 2. The first-order valence-electron chi connectivity index (χ1n) is 17.0. The van der Waals surface area contributed by atoms with Crippen LogP contribution < -0.4 is 15.4 Å². The normalized spacial score (nSPS) is 15.0. The molecule has 5 aromatic rings. The van der Waals surface area contributed by atoms with Crippen LogP contribution in [0, 0.1) is 0 Å². The number of nitrogens with zero attached hydrogens (tertiary/aromatic N) is 5. The summed E-state index contributed by atoms with van der Waals surface area (Å²) < 4.78 is 21.0. The molecule has 6 rings (SSSR count).